The fourth-order valence-electron chi connectivity index (χ4n) is 13.0. The van der Waals surface area contributed by atoms with Gasteiger partial charge in [0.2, 0.25) is 0 Å². The highest BCUT2D eigenvalue weighted by atomic mass is 15.0. The van der Waals surface area contributed by atoms with Crippen molar-refractivity contribution in [2.24, 2.45) is 23.7 Å². The highest BCUT2D eigenvalue weighted by Crippen LogP contribution is 2.70. The number of nitrogens with zero attached hydrogens (tertiary/aromatic N) is 7. The Kier molecular flexibility index (Phi) is 9.58. The van der Waals surface area contributed by atoms with Crippen LogP contribution in [-0.2, 0) is 5.41 Å². The molecule has 10 aromatic rings. The molecule has 0 amide bonds. The van der Waals surface area contributed by atoms with Crippen molar-refractivity contribution in [3.05, 3.63) is 211 Å². The maximum atomic E-state index is 5.16. The van der Waals surface area contributed by atoms with Gasteiger partial charge in [0.1, 0.15) is 0 Å². The predicted molar refractivity (Wildman–Crippen MR) is 278 cm³/mol. The molecule has 0 saturated heterocycles. The lowest BCUT2D eigenvalue weighted by atomic mass is 9.43. The van der Waals surface area contributed by atoms with E-state index in [4.69, 9.17) is 34.9 Å². The molecule has 7 aromatic carbocycles. The highest BCUT2D eigenvalue weighted by Gasteiger charge is 2.61. The van der Waals surface area contributed by atoms with Crippen LogP contribution < -0.4 is 0 Å². The van der Waals surface area contributed by atoms with E-state index in [2.05, 4.69) is 97.1 Å². The molecule has 4 fully saturated rings. The Balaban J connectivity index is 0.851. The van der Waals surface area contributed by atoms with Gasteiger partial charge in [0, 0.05) is 50.6 Å². The van der Waals surface area contributed by atoms with Crippen molar-refractivity contribution < 1.29 is 0 Å². The first-order valence-electron chi connectivity index (χ1n) is 24.7. The molecule has 0 radical (unpaired) electrons. The minimum Gasteiger partial charge on any atom is -0.255 e. The number of hydrogen-bond donors (Lipinski definition) is 0. The molecule has 4 saturated carbocycles. The molecule has 3 aromatic heterocycles. The van der Waals surface area contributed by atoms with E-state index in [1.54, 1.807) is 0 Å². The van der Waals surface area contributed by atoms with Gasteiger partial charge < -0.3 is 0 Å². The van der Waals surface area contributed by atoms with Gasteiger partial charge in [-0.05, 0) is 107 Å². The Hall–Kier alpha value is -8.29. The molecule has 0 aliphatic heterocycles. The summed E-state index contributed by atoms with van der Waals surface area (Å²) in [4.78, 5) is 35.0. The summed E-state index contributed by atoms with van der Waals surface area (Å²) < 4.78 is 0. The summed E-state index contributed by atoms with van der Waals surface area (Å²) in [5, 5.41) is 0. The largest absolute Gasteiger partial charge is 0.255 e. The second kappa shape index (κ2) is 16.4. The van der Waals surface area contributed by atoms with Crippen LogP contribution in [-0.4, -0.2) is 34.9 Å². The fraction of sp³-hybridized carbons (Fsp3) is 0.159. The Morgan fingerprint density at radius 1 is 0.314 bits per heavy atom. The molecule has 7 heteroatoms. The zero-order chi connectivity index (χ0) is 46.2. The lowest BCUT2D eigenvalue weighted by Crippen LogP contribution is -2.55. The normalized spacial score (nSPS) is 20.3. The minimum absolute atomic E-state index is 0.0247. The second-order valence-corrected chi connectivity index (χ2v) is 19.7. The Morgan fingerprint density at radius 2 is 0.729 bits per heavy atom. The second-order valence-electron chi connectivity index (χ2n) is 19.7. The predicted octanol–water partition coefficient (Wildman–Crippen LogP) is 14.5. The molecule has 0 atom stereocenters. The molecular formula is C63H47N7. The quantitative estimate of drug-likeness (QED) is 0.150. The fourth-order valence-corrected chi connectivity index (χ4v) is 13.0. The monoisotopic (exact) mass is 901 g/mol. The van der Waals surface area contributed by atoms with Crippen LogP contribution in [0.15, 0.2) is 200 Å². The topological polar surface area (TPSA) is 90.2 Å². The van der Waals surface area contributed by atoms with Crippen LogP contribution in [0.1, 0.15) is 43.2 Å². The van der Waals surface area contributed by atoms with E-state index < -0.39 is 0 Å². The molecule has 1 spiro atoms. The SMILES string of the molecule is c1ccc(-c2nc(-c3ccccc3)nc(-c3ccc(-c4cccc5c4-c4ccc(-c6ccc(-c7nc(-c8ccccc8)nc(-c8ccccc8)n7)cn6)cc4C54C5CC6CC(C5)CC4C6)cc3)n2)cc1. The molecule has 0 N–H and O–H groups in total. The third-order valence-electron chi connectivity index (χ3n) is 15.8. The number of aromatic nitrogens is 7. The van der Waals surface area contributed by atoms with Crippen molar-refractivity contribution in [1.29, 1.82) is 0 Å². The summed E-state index contributed by atoms with van der Waals surface area (Å²) in [6.07, 6.45) is 8.58. The third kappa shape index (κ3) is 6.74. The van der Waals surface area contributed by atoms with Gasteiger partial charge in [-0.15, -0.1) is 0 Å². The summed E-state index contributed by atoms with van der Waals surface area (Å²) in [5.41, 5.74) is 15.9. The van der Waals surface area contributed by atoms with E-state index in [0.29, 0.717) is 46.8 Å². The van der Waals surface area contributed by atoms with Gasteiger partial charge in [-0.1, -0.05) is 176 Å². The van der Waals surface area contributed by atoms with E-state index in [-0.39, 0.29) is 5.41 Å². The molecule has 5 aliphatic carbocycles. The van der Waals surface area contributed by atoms with Crippen molar-refractivity contribution in [1.82, 2.24) is 34.9 Å². The van der Waals surface area contributed by atoms with Crippen molar-refractivity contribution in [2.75, 3.05) is 0 Å². The lowest BCUT2D eigenvalue weighted by molar-refractivity contribution is -0.0399. The summed E-state index contributed by atoms with van der Waals surface area (Å²) in [7, 11) is 0. The molecule has 334 valence electrons. The van der Waals surface area contributed by atoms with Crippen molar-refractivity contribution in [2.45, 2.75) is 37.5 Å². The van der Waals surface area contributed by atoms with Crippen LogP contribution in [0.3, 0.4) is 0 Å². The van der Waals surface area contributed by atoms with Crippen LogP contribution >= 0.6 is 0 Å². The number of rotatable bonds is 8. The molecule has 3 heterocycles. The van der Waals surface area contributed by atoms with E-state index in [1.807, 2.05) is 103 Å². The third-order valence-corrected chi connectivity index (χ3v) is 15.8. The molecule has 15 rings (SSSR count). The first-order chi connectivity index (χ1) is 34.6. The Bertz CT molecular complexity index is 3440. The van der Waals surface area contributed by atoms with Gasteiger partial charge in [-0.3, -0.25) is 4.98 Å². The standard InChI is InChI=1S/C63H47N7/c1-5-14-42(15-6-1)57-65-58(43-16-7-2-8-17-43)68-61(67-57)46-26-24-41(25-27-46)51-22-13-23-53-56(51)52-30-28-47(37-54(52)63(53)49-33-39-32-40(35-49)36-50(63)34-39)55-31-29-48(38-64-55)62-69-59(44-18-9-3-10-19-44)66-60(70-62)45-20-11-4-12-21-45/h1-31,37-40,49-50H,32-36H2. The molecule has 7 nitrogen and oxygen atoms in total. The maximum absolute atomic E-state index is 5.16. The number of pyridine rings is 1. The van der Waals surface area contributed by atoms with Crippen LogP contribution in [0.25, 0.3) is 102 Å². The molecule has 0 unspecified atom stereocenters. The van der Waals surface area contributed by atoms with Crippen LogP contribution in [0.5, 0.6) is 0 Å². The van der Waals surface area contributed by atoms with E-state index in [1.165, 1.54) is 65.5 Å². The lowest BCUT2D eigenvalue weighted by Gasteiger charge is -2.61. The number of fused-ring (bicyclic) bond motifs is 3. The Labute approximate surface area is 407 Å². The Morgan fingerprint density at radius 3 is 1.19 bits per heavy atom. The minimum atomic E-state index is -0.0247. The van der Waals surface area contributed by atoms with Crippen LogP contribution in [0, 0.1) is 23.7 Å². The average molecular weight is 902 g/mol. The summed E-state index contributed by atoms with van der Waals surface area (Å²) in [5.74, 6) is 6.79. The van der Waals surface area contributed by atoms with Crippen molar-refractivity contribution in [3.8, 4) is 102 Å². The van der Waals surface area contributed by atoms with Gasteiger partial charge in [0.05, 0.1) is 5.69 Å². The van der Waals surface area contributed by atoms with Crippen molar-refractivity contribution >= 4 is 0 Å². The average Bonchev–Trinajstić information content (AvgIpc) is 3.73. The summed E-state index contributed by atoms with van der Waals surface area (Å²) in [6, 6.07) is 68.1. The molecule has 5 aliphatic rings. The van der Waals surface area contributed by atoms with Crippen molar-refractivity contribution in [3.63, 3.8) is 0 Å². The van der Waals surface area contributed by atoms with Gasteiger partial charge in [0.15, 0.2) is 34.9 Å². The van der Waals surface area contributed by atoms with Gasteiger partial charge in [-0.2, -0.15) is 0 Å². The highest BCUT2D eigenvalue weighted by molar-refractivity contribution is 5.94. The molecular weight excluding hydrogens is 855 g/mol. The zero-order valence-electron chi connectivity index (χ0n) is 38.5. The molecule has 4 bridgehead atoms. The molecule has 70 heavy (non-hydrogen) atoms. The zero-order valence-corrected chi connectivity index (χ0v) is 38.5. The summed E-state index contributed by atoms with van der Waals surface area (Å²) in [6.45, 7) is 0. The number of benzene rings is 7. The van der Waals surface area contributed by atoms with Gasteiger partial charge in [-0.25, -0.2) is 29.9 Å². The van der Waals surface area contributed by atoms with Gasteiger partial charge >= 0.3 is 0 Å². The van der Waals surface area contributed by atoms with E-state index in [9.17, 15) is 0 Å². The first kappa shape index (κ1) is 40.7. The summed E-state index contributed by atoms with van der Waals surface area (Å²) >= 11 is 0. The van der Waals surface area contributed by atoms with Crippen LogP contribution in [0.4, 0.5) is 0 Å². The number of hydrogen-bond acceptors (Lipinski definition) is 7. The van der Waals surface area contributed by atoms with E-state index >= 15 is 0 Å². The first-order valence-corrected chi connectivity index (χ1v) is 24.7. The maximum Gasteiger partial charge on any atom is 0.165 e. The van der Waals surface area contributed by atoms with Gasteiger partial charge in [0.25, 0.3) is 0 Å². The van der Waals surface area contributed by atoms with E-state index in [0.717, 1.165) is 56.5 Å². The smallest absolute Gasteiger partial charge is 0.165 e. The van der Waals surface area contributed by atoms with Crippen LogP contribution in [0.2, 0.25) is 0 Å².